The first kappa shape index (κ1) is 23.0. The van der Waals surface area contributed by atoms with E-state index in [4.69, 9.17) is 28.8 Å². The molecule has 2 aromatic carbocycles. The van der Waals surface area contributed by atoms with E-state index in [0.29, 0.717) is 15.6 Å². The Bertz CT molecular complexity index is 1160. The molecule has 1 unspecified atom stereocenters. The monoisotopic (exact) mass is 506 g/mol. The maximum Gasteiger partial charge on any atom is 0.272 e. The fourth-order valence-electron chi connectivity index (χ4n) is 7.42. The SMILES string of the molecule is CN1C(=O)C(NC(=S)NCC23CC4CC(CC(C4)C2)C3)N=C(c2ccccc2)c2cc(Cl)ccc21. The number of hydrogen-bond acceptors (Lipinski definition) is 3. The topological polar surface area (TPSA) is 56.7 Å². The number of nitrogens with one attached hydrogen (secondary N) is 2. The molecule has 5 aliphatic rings. The highest BCUT2D eigenvalue weighted by atomic mass is 35.5. The lowest BCUT2D eigenvalue weighted by atomic mass is 9.49. The van der Waals surface area contributed by atoms with E-state index in [1.807, 2.05) is 42.5 Å². The van der Waals surface area contributed by atoms with E-state index in [-0.39, 0.29) is 5.91 Å². The molecule has 0 radical (unpaired) electrons. The van der Waals surface area contributed by atoms with Crippen LogP contribution < -0.4 is 15.5 Å². The van der Waals surface area contributed by atoms with Crippen molar-refractivity contribution in [3.05, 3.63) is 64.7 Å². The van der Waals surface area contributed by atoms with Gasteiger partial charge in [0.1, 0.15) is 0 Å². The maximum absolute atomic E-state index is 13.5. The van der Waals surface area contributed by atoms with Crippen LogP contribution in [0.2, 0.25) is 5.02 Å². The van der Waals surface area contributed by atoms with Gasteiger partial charge in [-0.1, -0.05) is 41.9 Å². The number of carbonyl (C=O) groups excluding carboxylic acids is 1. The van der Waals surface area contributed by atoms with Gasteiger partial charge in [-0.3, -0.25) is 4.79 Å². The number of likely N-dealkylation sites (N-methyl/N-ethyl adjacent to an activating group) is 1. The Balaban J connectivity index is 1.24. The van der Waals surface area contributed by atoms with Gasteiger partial charge < -0.3 is 15.5 Å². The number of amides is 1. The Morgan fingerprint density at radius 3 is 2.40 bits per heavy atom. The Labute approximate surface area is 217 Å². The van der Waals surface area contributed by atoms with Crippen molar-refractivity contribution in [1.29, 1.82) is 0 Å². The highest BCUT2D eigenvalue weighted by molar-refractivity contribution is 7.80. The molecule has 4 aliphatic carbocycles. The Morgan fingerprint density at radius 2 is 1.74 bits per heavy atom. The van der Waals surface area contributed by atoms with Crippen molar-refractivity contribution < 1.29 is 4.79 Å². The molecule has 4 bridgehead atoms. The zero-order chi connectivity index (χ0) is 24.2. The number of nitrogens with zero attached hydrogens (tertiary/aromatic N) is 2. The Morgan fingerprint density at radius 1 is 1.09 bits per heavy atom. The molecule has 7 rings (SSSR count). The first-order valence-electron chi connectivity index (χ1n) is 12.6. The van der Waals surface area contributed by atoms with E-state index in [0.717, 1.165) is 46.8 Å². The van der Waals surface area contributed by atoms with Crippen molar-refractivity contribution in [3.8, 4) is 0 Å². The summed E-state index contributed by atoms with van der Waals surface area (Å²) in [6.07, 6.45) is 7.38. The van der Waals surface area contributed by atoms with Crippen LogP contribution in [0.5, 0.6) is 0 Å². The molecule has 1 aliphatic heterocycles. The van der Waals surface area contributed by atoms with Gasteiger partial charge in [0.15, 0.2) is 5.11 Å². The van der Waals surface area contributed by atoms with Gasteiger partial charge in [0.05, 0.1) is 11.4 Å². The summed E-state index contributed by atoms with van der Waals surface area (Å²) in [5, 5.41) is 7.81. The Hall–Kier alpha value is -2.44. The van der Waals surface area contributed by atoms with E-state index in [1.165, 1.54) is 38.5 Å². The number of aliphatic imine (C=N–C) groups is 1. The van der Waals surface area contributed by atoms with Crippen LogP contribution in [-0.2, 0) is 4.79 Å². The molecule has 1 atom stereocenters. The molecule has 0 saturated heterocycles. The lowest BCUT2D eigenvalue weighted by molar-refractivity contribution is -0.119. The highest BCUT2D eigenvalue weighted by Crippen LogP contribution is 2.59. The van der Waals surface area contributed by atoms with Gasteiger partial charge >= 0.3 is 0 Å². The number of benzene rings is 2. The predicted octanol–water partition coefficient (Wildman–Crippen LogP) is 5.16. The number of carbonyl (C=O) groups is 1. The second-order valence-electron chi connectivity index (χ2n) is 11.0. The summed E-state index contributed by atoms with van der Waals surface area (Å²) in [5.41, 5.74) is 3.62. The normalized spacial score (nSPS) is 31.0. The molecular formula is C28H31ClN4OS. The second-order valence-corrected chi connectivity index (χ2v) is 11.9. The molecule has 1 heterocycles. The van der Waals surface area contributed by atoms with Crippen LogP contribution in [-0.4, -0.2) is 36.5 Å². The zero-order valence-corrected chi connectivity index (χ0v) is 21.5. The van der Waals surface area contributed by atoms with Gasteiger partial charge in [0, 0.05) is 29.7 Å². The molecule has 182 valence electrons. The van der Waals surface area contributed by atoms with Crippen molar-refractivity contribution in [2.75, 3.05) is 18.5 Å². The second kappa shape index (κ2) is 8.90. The van der Waals surface area contributed by atoms with Crippen LogP contribution in [0.25, 0.3) is 0 Å². The number of benzodiazepines with no additional fused rings is 1. The standard InChI is InChI=1S/C28H31ClN4OS/c1-33-23-8-7-21(29)12-22(23)24(20-5-3-2-4-6-20)31-25(26(33)34)32-27(35)30-16-28-13-17-9-18(14-28)11-19(10-17)15-28/h2-8,12,17-19,25H,9-11,13-16H2,1H3,(H2,30,32,35). The smallest absolute Gasteiger partial charge is 0.272 e. The van der Waals surface area contributed by atoms with Crippen LogP contribution in [0.4, 0.5) is 5.69 Å². The number of fused-ring (bicyclic) bond motifs is 1. The van der Waals surface area contributed by atoms with Gasteiger partial charge in [-0.05, 0) is 92.1 Å². The summed E-state index contributed by atoms with van der Waals surface area (Å²) < 4.78 is 0. The average Bonchev–Trinajstić information content (AvgIpc) is 2.93. The van der Waals surface area contributed by atoms with Crippen molar-refractivity contribution in [2.24, 2.45) is 28.2 Å². The summed E-state index contributed by atoms with van der Waals surface area (Å²) in [6, 6.07) is 15.5. The van der Waals surface area contributed by atoms with E-state index in [9.17, 15) is 4.79 Å². The summed E-state index contributed by atoms with van der Waals surface area (Å²) >= 11 is 12.1. The summed E-state index contributed by atoms with van der Waals surface area (Å²) in [6.45, 7) is 0.879. The average molecular weight is 507 g/mol. The molecule has 2 N–H and O–H groups in total. The lowest BCUT2D eigenvalue weighted by Gasteiger charge is -2.57. The number of anilines is 1. The van der Waals surface area contributed by atoms with Crippen LogP contribution in [0.15, 0.2) is 53.5 Å². The molecule has 0 aromatic heterocycles. The van der Waals surface area contributed by atoms with Crippen LogP contribution in [0.1, 0.15) is 49.7 Å². The fraction of sp³-hybridized carbons (Fsp3) is 0.464. The third kappa shape index (κ3) is 4.36. The summed E-state index contributed by atoms with van der Waals surface area (Å²) in [5.74, 6) is 2.53. The minimum absolute atomic E-state index is 0.154. The van der Waals surface area contributed by atoms with Gasteiger partial charge in [-0.25, -0.2) is 4.99 Å². The summed E-state index contributed by atoms with van der Waals surface area (Å²) in [4.78, 5) is 20.0. The highest BCUT2D eigenvalue weighted by Gasteiger charge is 2.50. The largest absolute Gasteiger partial charge is 0.362 e. The van der Waals surface area contributed by atoms with Gasteiger partial charge in [0.25, 0.3) is 5.91 Å². The number of thiocarbonyl (C=S) groups is 1. The van der Waals surface area contributed by atoms with Gasteiger partial charge in [0.2, 0.25) is 6.17 Å². The third-order valence-electron chi connectivity index (χ3n) is 8.50. The lowest BCUT2D eigenvalue weighted by Crippen LogP contribution is -2.54. The molecule has 4 saturated carbocycles. The fourth-order valence-corrected chi connectivity index (χ4v) is 7.77. The van der Waals surface area contributed by atoms with Crippen LogP contribution in [0, 0.1) is 23.2 Å². The third-order valence-corrected chi connectivity index (χ3v) is 9.00. The van der Waals surface area contributed by atoms with Crippen molar-refractivity contribution in [3.63, 3.8) is 0 Å². The zero-order valence-electron chi connectivity index (χ0n) is 20.0. The molecule has 7 heteroatoms. The minimum Gasteiger partial charge on any atom is -0.362 e. The molecular weight excluding hydrogens is 476 g/mol. The molecule has 5 nitrogen and oxygen atoms in total. The van der Waals surface area contributed by atoms with Crippen molar-refractivity contribution >= 4 is 46.2 Å². The predicted molar refractivity (Wildman–Crippen MR) is 145 cm³/mol. The van der Waals surface area contributed by atoms with E-state index < -0.39 is 6.17 Å². The van der Waals surface area contributed by atoms with E-state index >= 15 is 0 Å². The van der Waals surface area contributed by atoms with Gasteiger partial charge in [-0.2, -0.15) is 0 Å². The van der Waals surface area contributed by atoms with Gasteiger partial charge in [-0.15, -0.1) is 0 Å². The quantitative estimate of drug-likeness (QED) is 0.562. The molecule has 0 spiro atoms. The molecule has 4 fully saturated rings. The number of rotatable bonds is 4. The molecule has 1 amide bonds. The number of hydrogen-bond donors (Lipinski definition) is 2. The maximum atomic E-state index is 13.5. The minimum atomic E-state index is -0.822. The van der Waals surface area contributed by atoms with Crippen molar-refractivity contribution in [1.82, 2.24) is 10.6 Å². The summed E-state index contributed by atoms with van der Waals surface area (Å²) in [7, 11) is 1.78. The van der Waals surface area contributed by atoms with E-state index in [2.05, 4.69) is 10.6 Å². The first-order chi connectivity index (χ1) is 16.9. The van der Waals surface area contributed by atoms with E-state index in [1.54, 1.807) is 18.0 Å². The van der Waals surface area contributed by atoms with Crippen LogP contribution in [0.3, 0.4) is 0 Å². The van der Waals surface area contributed by atoms with Crippen molar-refractivity contribution in [2.45, 2.75) is 44.7 Å². The first-order valence-corrected chi connectivity index (χ1v) is 13.4. The molecule has 35 heavy (non-hydrogen) atoms. The number of halogens is 1. The Kier molecular flexibility index (Phi) is 5.84. The molecule has 2 aromatic rings. The van der Waals surface area contributed by atoms with Crippen LogP contribution >= 0.6 is 23.8 Å².